The van der Waals surface area contributed by atoms with Gasteiger partial charge >= 0.3 is 17.9 Å². The standard InChI is InChI=1S/C57H104O9/c1-4-7-10-12-14-15-16-17-18-19-20-21-22-28-35-42-55(58)61-46-48(63-57(60)44-37-30-24-26-33-40-50-49(64-50)39-32-25-13-11-8-5-2)47-62-56(59)43-36-29-23-27-34-41-52-54(66-52)45-53-51(65-53)38-31-9-6-3/h48-54H,4-47H2,1-3H3. The molecule has 9 heteroatoms. The highest BCUT2D eigenvalue weighted by Gasteiger charge is 2.47. The molecule has 3 aliphatic rings. The van der Waals surface area contributed by atoms with Crippen LogP contribution in [0.2, 0.25) is 0 Å². The van der Waals surface area contributed by atoms with Crippen LogP contribution in [0.1, 0.15) is 290 Å². The van der Waals surface area contributed by atoms with Gasteiger partial charge in [-0.3, -0.25) is 14.4 Å². The summed E-state index contributed by atoms with van der Waals surface area (Å²) in [6.07, 6.45) is 49.8. The average molecular weight is 933 g/mol. The van der Waals surface area contributed by atoms with E-state index in [9.17, 15) is 14.4 Å². The number of carbonyl (C=O) groups excluding carboxylic acids is 3. The Kier molecular flexibility index (Phi) is 35.6. The van der Waals surface area contributed by atoms with E-state index in [1.54, 1.807) is 0 Å². The van der Waals surface area contributed by atoms with Crippen LogP contribution in [-0.2, 0) is 42.8 Å². The van der Waals surface area contributed by atoms with E-state index in [2.05, 4.69) is 20.8 Å². The topological polar surface area (TPSA) is 116 Å². The van der Waals surface area contributed by atoms with E-state index in [0.29, 0.717) is 55.9 Å². The molecule has 0 aliphatic carbocycles. The first-order valence-electron chi connectivity index (χ1n) is 28.9. The van der Waals surface area contributed by atoms with E-state index in [1.807, 2.05) is 0 Å². The zero-order chi connectivity index (χ0) is 47.1. The van der Waals surface area contributed by atoms with Crippen LogP contribution in [-0.4, -0.2) is 73.8 Å². The lowest BCUT2D eigenvalue weighted by atomic mass is 10.0. The summed E-state index contributed by atoms with van der Waals surface area (Å²) < 4.78 is 34.6. The lowest BCUT2D eigenvalue weighted by Gasteiger charge is -2.18. The summed E-state index contributed by atoms with van der Waals surface area (Å²) in [6, 6.07) is 0. The summed E-state index contributed by atoms with van der Waals surface area (Å²) in [5, 5.41) is 0. The fourth-order valence-corrected chi connectivity index (χ4v) is 9.73. The molecule has 3 saturated heterocycles. The zero-order valence-electron chi connectivity index (χ0n) is 43.3. The van der Waals surface area contributed by atoms with Gasteiger partial charge in [0.05, 0.1) is 36.6 Å². The molecule has 3 aliphatic heterocycles. The van der Waals surface area contributed by atoms with Crippen LogP contribution >= 0.6 is 0 Å². The van der Waals surface area contributed by atoms with E-state index in [1.165, 1.54) is 154 Å². The van der Waals surface area contributed by atoms with E-state index < -0.39 is 6.10 Å². The van der Waals surface area contributed by atoms with Crippen molar-refractivity contribution in [2.75, 3.05) is 13.2 Å². The largest absolute Gasteiger partial charge is 0.462 e. The SMILES string of the molecule is CCCCCCCCCCCCCCCCCC(=O)OCC(COC(=O)CCCCCCCC1OC1CC1OC1CCCCC)OC(=O)CCCCCCCC1OC1CCCCCCCC. The van der Waals surface area contributed by atoms with Gasteiger partial charge < -0.3 is 28.4 Å². The molecular weight excluding hydrogens is 829 g/mol. The predicted octanol–water partition coefficient (Wildman–Crippen LogP) is 15.7. The first-order chi connectivity index (χ1) is 32.4. The summed E-state index contributed by atoms with van der Waals surface area (Å²) in [5.41, 5.74) is 0. The van der Waals surface area contributed by atoms with Gasteiger partial charge in [-0.1, -0.05) is 220 Å². The highest BCUT2D eigenvalue weighted by Crippen LogP contribution is 2.39. The van der Waals surface area contributed by atoms with E-state index in [0.717, 1.165) is 96.3 Å². The number of rotatable bonds is 50. The Labute approximate surface area is 405 Å². The van der Waals surface area contributed by atoms with Crippen molar-refractivity contribution in [3.05, 3.63) is 0 Å². The average Bonchev–Trinajstić information content (AvgIpc) is 4.26. The number of hydrogen-bond acceptors (Lipinski definition) is 9. The first kappa shape index (κ1) is 58.6. The molecule has 0 spiro atoms. The van der Waals surface area contributed by atoms with Crippen molar-refractivity contribution >= 4 is 17.9 Å². The number of epoxide rings is 3. The van der Waals surface area contributed by atoms with Crippen molar-refractivity contribution in [3.63, 3.8) is 0 Å². The Morgan fingerprint density at radius 2 is 0.591 bits per heavy atom. The van der Waals surface area contributed by atoms with Gasteiger partial charge in [0, 0.05) is 25.7 Å². The second-order valence-corrected chi connectivity index (χ2v) is 20.7. The molecule has 0 bridgehead atoms. The smallest absolute Gasteiger partial charge is 0.306 e. The Hall–Kier alpha value is -1.71. The quantitative estimate of drug-likeness (QED) is 0.0254. The molecule has 3 fully saturated rings. The van der Waals surface area contributed by atoms with Crippen LogP contribution in [0.3, 0.4) is 0 Å². The monoisotopic (exact) mass is 933 g/mol. The third kappa shape index (κ3) is 32.9. The van der Waals surface area contributed by atoms with Gasteiger partial charge in [0.1, 0.15) is 13.2 Å². The number of ether oxygens (including phenoxy) is 6. The van der Waals surface area contributed by atoms with Gasteiger partial charge in [0.15, 0.2) is 6.10 Å². The molecule has 7 unspecified atom stereocenters. The molecule has 0 saturated carbocycles. The molecule has 66 heavy (non-hydrogen) atoms. The van der Waals surface area contributed by atoms with E-state index >= 15 is 0 Å². The molecule has 386 valence electrons. The number of hydrogen-bond donors (Lipinski definition) is 0. The predicted molar refractivity (Wildman–Crippen MR) is 269 cm³/mol. The summed E-state index contributed by atoms with van der Waals surface area (Å²) in [7, 11) is 0. The molecule has 0 amide bonds. The van der Waals surface area contributed by atoms with Crippen molar-refractivity contribution in [3.8, 4) is 0 Å². The highest BCUT2D eigenvalue weighted by atomic mass is 16.6. The molecule has 7 atom stereocenters. The Bertz CT molecular complexity index is 1180. The summed E-state index contributed by atoms with van der Waals surface area (Å²) in [5.74, 6) is -0.904. The Morgan fingerprint density at radius 1 is 0.333 bits per heavy atom. The Morgan fingerprint density at radius 3 is 0.955 bits per heavy atom. The fraction of sp³-hybridized carbons (Fsp3) is 0.947. The molecule has 0 aromatic heterocycles. The van der Waals surface area contributed by atoms with Gasteiger partial charge in [-0.15, -0.1) is 0 Å². The minimum atomic E-state index is -0.791. The maximum atomic E-state index is 12.9. The van der Waals surface area contributed by atoms with Crippen LogP contribution in [0.5, 0.6) is 0 Å². The Balaban J connectivity index is 1.21. The van der Waals surface area contributed by atoms with Gasteiger partial charge in [0.2, 0.25) is 0 Å². The van der Waals surface area contributed by atoms with Crippen molar-refractivity contribution in [1.29, 1.82) is 0 Å². The maximum Gasteiger partial charge on any atom is 0.306 e. The van der Waals surface area contributed by atoms with Crippen molar-refractivity contribution < 1.29 is 42.8 Å². The number of unbranched alkanes of at least 4 members (excludes halogenated alkanes) is 29. The second kappa shape index (κ2) is 40.1. The second-order valence-electron chi connectivity index (χ2n) is 20.7. The van der Waals surface area contributed by atoms with Gasteiger partial charge in [-0.2, -0.15) is 0 Å². The van der Waals surface area contributed by atoms with Crippen LogP contribution in [0, 0.1) is 0 Å². The highest BCUT2D eigenvalue weighted by molar-refractivity contribution is 5.71. The molecule has 0 radical (unpaired) electrons. The number of esters is 3. The minimum absolute atomic E-state index is 0.0849. The van der Waals surface area contributed by atoms with Crippen LogP contribution < -0.4 is 0 Å². The van der Waals surface area contributed by atoms with Gasteiger partial charge in [-0.05, 0) is 44.9 Å². The molecule has 9 nitrogen and oxygen atoms in total. The molecule has 0 aromatic carbocycles. The summed E-state index contributed by atoms with van der Waals surface area (Å²) in [6.45, 7) is 6.60. The van der Waals surface area contributed by atoms with E-state index in [-0.39, 0.29) is 31.1 Å². The molecule has 3 heterocycles. The molecule has 0 N–H and O–H groups in total. The lowest BCUT2D eigenvalue weighted by Crippen LogP contribution is -2.30. The minimum Gasteiger partial charge on any atom is -0.462 e. The first-order valence-corrected chi connectivity index (χ1v) is 28.9. The third-order valence-corrected chi connectivity index (χ3v) is 14.3. The van der Waals surface area contributed by atoms with Crippen LogP contribution in [0.15, 0.2) is 0 Å². The van der Waals surface area contributed by atoms with Gasteiger partial charge in [0.25, 0.3) is 0 Å². The van der Waals surface area contributed by atoms with Crippen molar-refractivity contribution in [2.24, 2.45) is 0 Å². The molecule has 0 aromatic rings. The summed E-state index contributed by atoms with van der Waals surface area (Å²) in [4.78, 5) is 38.3. The van der Waals surface area contributed by atoms with Crippen LogP contribution in [0.4, 0.5) is 0 Å². The van der Waals surface area contributed by atoms with E-state index in [4.69, 9.17) is 28.4 Å². The van der Waals surface area contributed by atoms with Crippen LogP contribution in [0.25, 0.3) is 0 Å². The normalized spacial score (nSPS) is 21.1. The number of carbonyl (C=O) groups is 3. The summed E-state index contributed by atoms with van der Waals surface area (Å²) >= 11 is 0. The van der Waals surface area contributed by atoms with Crippen molar-refractivity contribution in [2.45, 2.75) is 333 Å². The van der Waals surface area contributed by atoms with Crippen molar-refractivity contribution in [1.82, 2.24) is 0 Å². The lowest BCUT2D eigenvalue weighted by molar-refractivity contribution is -0.167. The maximum absolute atomic E-state index is 12.9. The zero-order valence-corrected chi connectivity index (χ0v) is 43.3. The molecular formula is C57H104O9. The molecule has 3 rings (SSSR count). The third-order valence-electron chi connectivity index (χ3n) is 14.3. The fourth-order valence-electron chi connectivity index (χ4n) is 9.73. The van der Waals surface area contributed by atoms with Gasteiger partial charge in [-0.25, -0.2) is 0 Å².